The van der Waals surface area contributed by atoms with Gasteiger partial charge < -0.3 is 5.32 Å². The zero-order valence-electron chi connectivity index (χ0n) is 15.5. The summed E-state index contributed by atoms with van der Waals surface area (Å²) in [7, 11) is 0. The van der Waals surface area contributed by atoms with Crippen LogP contribution in [0.25, 0.3) is 0 Å². The molecule has 0 fully saturated rings. The summed E-state index contributed by atoms with van der Waals surface area (Å²) >= 11 is 0. The fourth-order valence-corrected chi connectivity index (χ4v) is 2.72. The van der Waals surface area contributed by atoms with Crippen LogP contribution in [0, 0.1) is 5.92 Å². The third-order valence-corrected chi connectivity index (χ3v) is 4.53. The van der Waals surface area contributed by atoms with Gasteiger partial charge in [-0.2, -0.15) is 5.10 Å². The molecule has 2 N–H and O–H groups in total. The summed E-state index contributed by atoms with van der Waals surface area (Å²) in [5.41, 5.74) is 6.70. The van der Waals surface area contributed by atoms with E-state index < -0.39 is 0 Å². The molecular weight excluding hydrogens is 326 g/mol. The lowest BCUT2D eigenvalue weighted by atomic mass is 9.85. The van der Waals surface area contributed by atoms with E-state index in [4.69, 9.17) is 0 Å². The molecule has 1 atom stereocenters. The molecule has 0 aliphatic heterocycles. The molecule has 1 aliphatic carbocycles. The van der Waals surface area contributed by atoms with Gasteiger partial charge in [0, 0.05) is 19.4 Å². The summed E-state index contributed by atoms with van der Waals surface area (Å²) in [5, 5.41) is 7.06. The maximum atomic E-state index is 12.0. The molecule has 5 heteroatoms. The first-order valence-corrected chi connectivity index (χ1v) is 8.94. The van der Waals surface area contributed by atoms with Gasteiger partial charge in [-0.1, -0.05) is 48.6 Å². The maximum Gasteiger partial charge on any atom is 0.240 e. The van der Waals surface area contributed by atoms with Gasteiger partial charge >= 0.3 is 0 Å². The predicted molar refractivity (Wildman–Crippen MR) is 104 cm³/mol. The number of rotatable bonds is 7. The van der Waals surface area contributed by atoms with E-state index in [1.165, 1.54) is 0 Å². The Labute approximate surface area is 155 Å². The standard InChI is InChI=1S/C21H27N3O2/c1-15(2)18-10-9-16(3)19(13-18)23-24-21(26)12-11-20(25)22-14-17-7-5-4-6-8-17/h4-9,18H,1,10-14H2,2-3H3,(H,22,25)(H,24,26)/t18-/m0/s1. The highest BCUT2D eigenvalue weighted by Gasteiger charge is 2.18. The number of amides is 2. The van der Waals surface area contributed by atoms with Gasteiger partial charge in [-0.05, 0) is 43.7 Å². The molecule has 0 saturated heterocycles. The van der Waals surface area contributed by atoms with Crippen LogP contribution in [0.1, 0.15) is 45.1 Å². The number of allylic oxidation sites excluding steroid dienone is 3. The molecule has 0 unspecified atom stereocenters. The summed E-state index contributed by atoms with van der Waals surface area (Å²) in [6, 6.07) is 9.67. The lowest BCUT2D eigenvalue weighted by Crippen LogP contribution is -2.26. The quantitative estimate of drug-likeness (QED) is 0.582. The molecule has 26 heavy (non-hydrogen) atoms. The topological polar surface area (TPSA) is 70.6 Å². The van der Waals surface area contributed by atoms with Crippen LogP contribution in [0.2, 0.25) is 0 Å². The number of nitrogens with one attached hydrogen (secondary N) is 2. The largest absolute Gasteiger partial charge is 0.352 e. The first-order valence-electron chi connectivity index (χ1n) is 8.94. The van der Waals surface area contributed by atoms with Crippen LogP contribution in [0.15, 0.2) is 59.2 Å². The van der Waals surface area contributed by atoms with Crippen molar-refractivity contribution in [3.05, 3.63) is 59.7 Å². The molecule has 0 radical (unpaired) electrons. The Bertz CT molecular complexity index is 720. The van der Waals surface area contributed by atoms with Crippen LogP contribution >= 0.6 is 0 Å². The van der Waals surface area contributed by atoms with Crippen molar-refractivity contribution < 1.29 is 9.59 Å². The van der Waals surface area contributed by atoms with E-state index in [-0.39, 0.29) is 24.7 Å². The highest BCUT2D eigenvalue weighted by atomic mass is 16.2. The average molecular weight is 353 g/mol. The monoisotopic (exact) mass is 353 g/mol. The minimum atomic E-state index is -0.252. The number of hydrogen-bond donors (Lipinski definition) is 2. The lowest BCUT2D eigenvalue weighted by Gasteiger charge is -2.22. The summed E-state index contributed by atoms with van der Waals surface area (Å²) in [4.78, 5) is 23.8. The van der Waals surface area contributed by atoms with Crippen LogP contribution in [0.4, 0.5) is 0 Å². The summed E-state index contributed by atoms with van der Waals surface area (Å²) in [5.74, 6) is -0.0246. The Morgan fingerprint density at radius 2 is 1.88 bits per heavy atom. The number of hydrazone groups is 1. The third kappa shape index (κ3) is 6.31. The Morgan fingerprint density at radius 3 is 2.58 bits per heavy atom. The number of benzene rings is 1. The number of nitrogens with zero attached hydrogens (tertiary/aromatic N) is 1. The van der Waals surface area contributed by atoms with Gasteiger partial charge in [0.25, 0.3) is 0 Å². The second-order valence-electron chi connectivity index (χ2n) is 6.73. The van der Waals surface area contributed by atoms with Gasteiger partial charge in [0.1, 0.15) is 0 Å². The Kier molecular flexibility index (Phi) is 7.33. The maximum absolute atomic E-state index is 12.0. The van der Waals surface area contributed by atoms with Crippen molar-refractivity contribution in [3.63, 3.8) is 0 Å². The highest BCUT2D eigenvalue weighted by molar-refractivity contribution is 6.01. The van der Waals surface area contributed by atoms with Gasteiger partial charge in [-0.3, -0.25) is 9.59 Å². The van der Waals surface area contributed by atoms with E-state index >= 15 is 0 Å². The van der Waals surface area contributed by atoms with Crippen LogP contribution in [0.3, 0.4) is 0 Å². The second kappa shape index (κ2) is 9.70. The van der Waals surface area contributed by atoms with Crippen LogP contribution in [-0.2, 0) is 16.1 Å². The Balaban J connectivity index is 1.74. The SMILES string of the molecule is C=C(C)[C@H]1CC=C(C)C(=NNC(=O)CCC(=O)NCc2ccccc2)C1. The second-order valence-corrected chi connectivity index (χ2v) is 6.73. The van der Waals surface area contributed by atoms with Crippen molar-refractivity contribution in [2.24, 2.45) is 11.0 Å². The summed E-state index contributed by atoms with van der Waals surface area (Å²) < 4.78 is 0. The molecular formula is C21H27N3O2. The third-order valence-electron chi connectivity index (χ3n) is 4.53. The molecule has 1 aromatic rings. The van der Waals surface area contributed by atoms with E-state index in [1.807, 2.05) is 44.2 Å². The highest BCUT2D eigenvalue weighted by Crippen LogP contribution is 2.26. The molecule has 1 aliphatic rings. The molecule has 0 aromatic heterocycles. The smallest absolute Gasteiger partial charge is 0.240 e. The van der Waals surface area contributed by atoms with E-state index in [9.17, 15) is 9.59 Å². The van der Waals surface area contributed by atoms with E-state index in [0.717, 1.165) is 35.3 Å². The lowest BCUT2D eigenvalue weighted by molar-refractivity contribution is -0.126. The van der Waals surface area contributed by atoms with E-state index in [2.05, 4.69) is 28.5 Å². The number of hydrogen-bond acceptors (Lipinski definition) is 3. The Morgan fingerprint density at radius 1 is 1.19 bits per heavy atom. The molecule has 1 aromatic carbocycles. The molecule has 0 heterocycles. The molecule has 2 rings (SSSR count). The number of carbonyl (C=O) groups is 2. The van der Waals surface area contributed by atoms with Gasteiger partial charge in [0.15, 0.2) is 0 Å². The molecule has 5 nitrogen and oxygen atoms in total. The molecule has 0 spiro atoms. The van der Waals surface area contributed by atoms with Crippen molar-refractivity contribution in [1.82, 2.24) is 10.7 Å². The Hall–Kier alpha value is -2.69. The molecule has 0 saturated carbocycles. The zero-order valence-corrected chi connectivity index (χ0v) is 15.5. The van der Waals surface area contributed by atoms with Gasteiger partial charge in [-0.15, -0.1) is 0 Å². The summed E-state index contributed by atoms with van der Waals surface area (Å²) in [6.45, 7) is 8.49. The predicted octanol–water partition coefficient (Wildman–Crippen LogP) is 3.49. The van der Waals surface area contributed by atoms with Crippen molar-refractivity contribution in [3.8, 4) is 0 Å². The first-order chi connectivity index (χ1) is 12.5. The average Bonchev–Trinajstić information content (AvgIpc) is 2.64. The zero-order chi connectivity index (χ0) is 18.9. The van der Waals surface area contributed by atoms with Crippen LogP contribution < -0.4 is 10.7 Å². The van der Waals surface area contributed by atoms with Gasteiger partial charge in [-0.25, -0.2) is 5.43 Å². The molecule has 0 bridgehead atoms. The van der Waals surface area contributed by atoms with Crippen molar-refractivity contribution in [1.29, 1.82) is 0 Å². The minimum absolute atomic E-state index is 0.115. The van der Waals surface area contributed by atoms with Gasteiger partial charge in [0.05, 0.1) is 5.71 Å². The van der Waals surface area contributed by atoms with Crippen molar-refractivity contribution in [2.45, 2.75) is 46.1 Å². The first kappa shape index (κ1) is 19.6. The fraction of sp³-hybridized carbons (Fsp3) is 0.381. The van der Waals surface area contributed by atoms with E-state index in [0.29, 0.717) is 12.5 Å². The minimum Gasteiger partial charge on any atom is -0.352 e. The van der Waals surface area contributed by atoms with Crippen LogP contribution in [-0.4, -0.2) is 17.5 Å². The van der Waals surface area contributed by atoms with Crippen LogP contribution in [0.5, 0.6) is 0 Å². The summed E-state index contributed by atoms with van der Waals surface area (Å²) in [6.07, 6.45) is 4.15. The fourth-order valence-electron chi connectivity index (χ4n) is 2.72. The van der Waals surface area contributed by atoms with Crippen molar-refractivity contribution >= 4 is 17.5 Å². The van der Waals surface area contributed by atoms with Crippen molar-refractivity contribution in [2.75, 3.05) is 0 Å². The number of carbonyl (C=O) groups excluding carboxylic acids is 2. The molecule has 2 amide bonds. The van der Waals surface area contributed by atoms with E-state index in [1.54, 1.807) is 0 Å². The normalized spacial score (nSPS) is 18.2. The molecule has 138 valence electrons. The van der Waals surface area contributed by atoms with Gasteiger partial charge in [0.2, 0.25) is 11.8 Å².